The van der Waals surface area contributed by atoms with Gasteiger partial charge in [-0.25, -0.2) is 4.68 Å². The number of aryl methyl sites for hydroxylation is 2. The van der Waals surface area contributed by atoms with E-state index in [0.717, 1.165) is 21.4 Å². The Labute approximate surface area is 131 Å². The van der Waals surface area contributed by atoms with Gasteiger partial charge in [0, 0.05) is 6.42 Å². The van der Waals surface area contributed by atoms with Gasteiger partial charge in [-0.3, -0.25) is 0 Å². The van der Waals surface area contributed by atoms with Gasteiger partial charge >= 0.3 is 6.18 Å². The predicted molar refractivity (Wildman–Crippen MR) is 78.9 cm³/mol. The number of hydrogen-bond acceptors (Lipinski definition) is 3. The Morgan fingerprint density at radius 3 is 2.65 bits per heavy atom. The summed E-state index contributed by atoms with van der Waals surface area (Å²) in [6.07, 6.45) is -3.41. The molecule has 0 fully saturated rings. The summed E-state index contributed by atoms with van der Waals surface area (Å²) in [5, 5.41) is 15.9. The van der Waals surface area contributed by atoms with E-state index in [4.69, 9.17) is 5.26 Å². The molecular formula is C16H15F3N4. The maximum atomic E-state index is 13.4. The molecule has 2 heterocycles. The van der Waals surface area contributed by atoms with Crippen molar-refractivity contribution in [1.29, 1.82) is 5.26 Å². The lowest BCUT2D eigenvalue weighted by Crippen LogP contribution is -2.35. The maximum absolute atomic E-state index is 13.4. The Morgan fingerprint density at radius 1 is 1.30 bits per heavy atom. The number of rotatable bonds is 1. The van der Waals surface area contributed by atoms with Crippen molar-refractivity contribution in [3.63, 3.8) is 0 Å². The Balaban J connectivity index is 2.05. The normalized spacial score (nSPS) is 20.5. The molecule has 0 aliphatic carbocycles. The minimum Gasteiger partial charge on any atom is -0.362 e. The van der Waals surface area contributed by atoms with Crippen molar-refractivity contribution in [2.75, 3.05) is 5.32 Å². The molecule has 0 saturated carbocycles. The predicted octanol–water partition coefficient (Wildman–Crippen LogP) is 4.03. The lowest BCUT2D eigenvalue weighted by atomic mass is 9.94. The smallest absolute Gasteiger partial charge is 0.362 e. The number of nitrogens with zero attached hydrogens (tertiary/aromatic N) is 3. The first kappa shape index (κ1) is 15.4. The fourth-order valence-corrected chi connectivity index (χ4v) is 2.84. The summed E-state index contributed by atoms with van der Waals surface area (Å²) < 4.78 is 41.1. The third kappa shape index (κ3) is 2.65. The number of alkyl halides is 3. The molecule has 0 spiro atoms. The molecule has 2 aromatic rings. The highest BCUT2D eigenvalue weighted by atomic mass is 19.4. The summed E-state index contributed by atoms with van der Waals surface area (Å²) in [5.41, 5.74) is 3.00. The highest BCUT2D eigenvalue weighted by Crippen LogP contribution is 2.44. The average Bonchev–Trinajstić information content (AvgIpc) is 2.91. The standard InChI is InChI=1S/C16H15F3N4/c1-9-3-4-11(5-10(9)2)13-6-14(16(17,18)19)23-15(22-13)12(7-20)8-21-23/h3-5,8,13-14,22H,6H2,1-2H3/t13-,14-/m1/s1. The van der Waals surface area contributed by atoms with Gasteiger partial charge in [-0.2, -0.15) is 23.5 Å². The summed E-state index contributed by atoms with van der Waals surface area (Å²) in [6, 6.07) is 5.23. The van der Waals surface area contributed by atoms with Gasteiger partial charge in [0.05, 0.1) is 12.2 Å². The Morgan fingerprint density at radius 2 is 2.04 bits per heavy atom. The van der Waals surface area contributed by atoms with Crippen LogP contribution in [0.15, 0.2) is 24.4 Å². The first-order valence-corrected chi connectivity index (χ1v) is 7.19. The quantitative estimate of drug-likeness (QED) is 0.863. The van der Waals surface area contributed by atoms with E-state index in [-0.39, 0.29) is 17.8 Å². The van der Waals surface area contributed by atoms with Crippen LogP contribution < -0.4 is 5.32 Å². The highest BCUT2D eigenvalue weighted by molar-refractivity contribution is 5.55. The largest absolute Gasteiger partial charge is 0.410 e. The number of fused-ring (bicyclic) bond motifs is 1. The van der Waals surface area contributed by atoms with E-state index >= 15 is 0 Å². The van der Waals surface area contributed by atoms with Crippen LogP contribution in [0.4, 0.5) is 19.0 Å². The number of nitriles is 1. The van der Waals surface area contributed by atoms with Crippen molar-refractivity contribution in [2.24, 2.45) is 0 Å². The summed E-state index contributed by atoms with van der Waals surface area (Å²) in [6.45, 7) is 3.88. The molecule has 23 heavy (non-hydrogen) atoms. The molecular weight excluding hydrogens is 305 g/mol. The summed E-state index contributed by atoms with van der Waals surface area (Å²) in [4.78, 5) is 0. The summed E-state index contributed by atoms with van der Waals surface area (Å²) in [5.74, 6) is 0.129. The van der Waals surface area contributed by atoms with Gasteiger partial charge in [0.1, 0.15) is 17.5 Å². The van der Waals surface area contributed by atoms with Crippen LogP contribution in [0.2, 0.25) is 0 Å². The summed E-state index contributed by atoms with van der Waals surface area (Å²) >= 11 is 0. The minimum absolute atomic E-state index is 0.118. The van der Waals surface area contributed by atoms with E-state index in [9.17, 15) is 13.2 Å². The van der Waals surface area contributed by atoms with Crippen LogP contribution in [0.5, 0.6) is 0 Å². The molecule has 4 nitrogen and oxygen atoms in total. The van der Waals surface area contributed by atoms with E-state index in [1.165, 1.54) is 6.20 Å². The first-order chi connectivity index (χ1) is 10.8. The van der Waals surface area contributed by atoms with Crippen LogP contribution in [-0.2, 0) is 0 Å². The van der Waals surface area contributed by atoms with Crippen molar-refractivity contribution in [3.8, 4) is 6.07 Å². The molecule has 1 aromatic carbocycles. The van der Waals surface area contributed by atoms with E-state index in [2.05, 4.69) is 10.4 Å². The second-order valence-corrected chi connectivity index (χ2v) is 5.80. The van der Waals surface area contributed by atoms with Crippen LogP contribution in [0.1, 0.15) is 40.8 Å². The van der Waals surface area contributed by atoms with Crippen molar-refractivity contribution >= 4 is 5.82 Å². The monoisotopic (exact) mass is 320 g/mol. The number of nitrogens with one attached hydrogen (secondary N) is 1. The van der Waals surface area contributed by atoms with E-state index < -0.39 is 18.3 Å². The molecule has 2 atom stereocenters. The second kappa shape index (κ2) is 5.30. The molecule has 0 saturated heterocycles. The SMILES string of the molecule is Cc1ccc([C@H]2C[C@H](C(F)(F)F)n3ncc(C#N)c3N2)cc1C. The van der Waals surface area contributed by atoms with E-state index in [1.54, 1.807) is 0 Å². The van der Waals surface area contributed by atoms with Crippen LogP contribution in [0.3, 0.4) is 0 Å². The van der Waals surface area contributed by atoms with E-state index in [0.29, 0.717) is 0 Å². The van der Waals surface area contributed by atoms with Crippen molar-refractivity contribution in [2.45, 2.75) is 38.5 Å². The number of benzene rings is 1. The van der Waals surface area contributed by atoms with Gasteiger partial charge in [0.25, 0.3) is 0 Å². The Hall–Kier alpha value is -2.49. The van der Waals surface area contributed by atoms with Crippen LogP contribution in [-0.4, -0.2) is 16.0 Å². The molecule has 0 unspecified atom stereocenters. The van der Waals surface area contributed by atoms with Gasteiger partial charge in [-0.15, -0.1) is 0 Å². The summed E-state index contributed by atoms with van der Waals surface area (Å²) in [7, 11) is 0. The minimum atomic E-state index is -4.42. The van der Waals surface area contributed by atoms with Crippen molar-refractivity contribution in [3.05, 3.63) is 46.6 Å². The van der Waals surface area contributed by atoms with Gasteiger partial charge < -0.3 is 5.32 Å². The molecule has 120 valence electrons. The van der Waals surface area contributed by atoms with Crippen molar-refractivity contribution in [1.82, 2.24) is 9.78 Å². The van der Waals surface area contributed by atoms with Crippen LogP contribution >= 0.6 is 0 Å². The van der Waals surface area contributed by atoms with Crippen LogP contribution in [0.25, 0.3) is 0 Å². The van der Waals surface area contributed by atoms with Gasteiger partial charge in [-0.05, 0) is 30.5 Å². The van der Waals surface area contributed by atoms with Gasteiger partial charge in [0.2, 0.25) is 0 Å². The fraction of sp³-hybridized carbons (Fsp3) is 0.375. The number of hydrogen-bond donors (Lipinski definition) is 1. The average molecular weight is 320 g/mol. The van der Waals surface area contributed by atoms with Crippen LogP contribution in [0, 0.1) is 25.2 Å². The molecule has 1 aliphatic rings. The Kier molecular flexibility index (Phi) is 3.55. The lowest BCUT2D eigenvalue weighted by Gasteiger charge is -2.33. The fourth-order valence-electron chi connectivity index (χ4n) is 2.84. The van der Waals surface area contributed by atoms with Crippen molar-refractivity contribution < 1.29 is 13.2 Å². The number of halogens is 3. The topological polar surface area (TPSA) is 53.6 Å². The lowest BCUT2D eigenvalue weighted by molar-refractivity contribution is -0.173. The molecule has 1 aromatic heterocycles. The zero-order valence-electron chi connectivity index (χ0n) is 12.6. The molecule has 1 aliphatic heterocycles. The second-order valence-electron chi connectivity index (χ2n) is 5.80. The molecule has 7 heteroatoms. The zero-order valence-corrected chi connectivity index (χ0v) is 12.6. The first-order valence-electron chi connectivity index (χ1n) is 7.19. The maximum Gasteiger partial charge on any atom is 0.410 e. The Bertz CT molecular complexity index is 786. The number of aromatic nitrogens is 2. The molecule has 1 N–H and O–H groups in total. The highest BCUT2D eigenvalue weighted by Gasteiger charge is 2.46. The van der Waals surface area contributed by atoms with Gasteiger partial charge in [0.15, 0.2) is 6.04 Å². The number of anilines is 1. The third-order valence-electron chi connectivity index (χ3n) is 4.29. The molecule has 0 amide bonds. The van der Waals surface area contributed by atoms with Gasteiger partial charge in [-0.1, -0.05) is 18.2 Å². The molecule has 3 rings (SSSR count). The molecule has 0 radical (unpaired) electrons. The zero-order chi connectivity index (χ0) is 16.8. The third-order valence-corrected chi connectivity index (χ3v) is 4.29. The molecule has 0 bridgehead atoms. The van der Waals surface area contributed by atoms with E-state index in [1.807, 2.05) is 38.1 Å².